The molecule has 0 bridgehead atoms. The number of piperazine rings is 1. The number of allylic oxidation sites excluding steroid dienone is 2. The Morgan fingerprint density at radius 1 is 1.05 bits per heavy atom. The number of nitrogens with one attached hydrogen (secondary N) is 2. The molecule has 4 aliphatic rings. The maximum atomic E-state index is 13.9. The summed E-state index contributed by atoms with van der Waals surface area (Å²) in [5.74, 6) is -0.559. The highest BCUT2D eigenvalue weighted by molar-refractivity contribution is 7.90. The van der Waals surface area contributed by atoms with Gasteiger partial charge in [0, 0.05) is 92.2 Å². The standard InChI is InChI=1S/C44H52ClN7O8S/c1-30(45)4-5-32-23-43(2,3)12-10-33(32)25-49-14-16-51(17-15-49)34-6-8-37(40(21-34)60-35-20-31-11-13-46-41(31)47-24-35)42(53)48-61(56,57)36-7-9-39(38(22-36)52(54)55)59-19-18-50-26-44(27-50)28-58-29-44/h6-9,11,13,20-22,24H,1,4-5,10,12,14-19,23,25-29H2,2-3H3,(H,46,47)(H,48,53). The van der Waals surface area contributed by atoms with Crippen LogP contribution >= 0.6 is 11.6 Å². The SMILES string of the molecule is C=C(Cl)CCC1=C(CN2CCN(c3ccc(C(=O)NS(=O)(=O)c4ccc(OCCN5CC6(COC6)C5)c([N+](=O)[O-])c4)c(Oc4cnc5[nH]ccc5c4)c3)CC2)CCC(C)(C)C1. The number of rotatable bonds is 16. The van der Waals surface area contributed by atoms with Gasteiger partial charge in [-0.25, -0.2) is 18.1 Å². The summed E-state index contributed by atoms with van der Waals surface area (Å²) in [7, 11) is -4.58. The van der Waals surface area contributed by atoms with Gasteiger partial charge in [0.05, 0.1) is 34.8 Å². The van der Waals surface area contributed by atoms with E-state index in [2.05, 4.69) is 49.8 Å². The van der Waals surface area contributed by atoms with Crippen molar-refractivity contribution in [2.75, 3.05) is 77.1 Å². The first-order valence-corrected chi connectivity index (χ1v) is 22.5. The molecular formula is C44H52ClN7O8S. The van der Waals surface area contributed by atoms with Gasteiger partial charge in [-0.3, -0.25) is 24.7 Å². The van der Waals surface area contributed by atoms with E-state index >= 15 is 0 Å². The highest BCUT2D eigenvalue weighted by atomic mass is 35.5. The van der Waals surface area contributed by atoms with Crippen LogP contribution in [0.5, 0.6) is 17.2 Å². The molecule has 3 aliphatic heterocycles. The van der Waals surface area contributed by atoms with E-state index in [1.54, 1.807) is 24.4 Å². The zero-order valence-corrected chi connectivity index (χ0v) is 36.2. The minimum absolute atomic E-state index is 0.0462. The molecule has 1 aliphatic carbocycles. The van der Waals surface area contributed by atoms with Gasteiger partial charge < -0.3 is 24.1 Å². The number of nitro groups is 1. The van der Waals surface area contributed by atoms with Gasteiger partial charge in [0.25, 0.3) is 15.9 Å². The normalized spacial score (nSPS) is 19.0. The summed E-state index contributed by atoms with van der Waals surface area (Å²) in [4.78, 5) is 39.1. The minimum atomic E-state index is -4.58. The number of fused-ring (bicyclic) bond motifs is 1. The predicted molar refractivity (Wildman–Crippen MR) is 233 cm³/mol. The molecular weight excluding hydrogens is 822 g/mol. The van der Waals surface area contributed by atoms with E-state index in [1.165, 1.54) is 35.5 Å². The average molecular weight is 874 g/mol. The second-order valence-electron chi connectivity index (χ2n) is 17.6. The molecule has 0 unspecified atom stereocenters. The fraction of sp³-hybridized carbons (Fsp3) is 0.455. The molecule has 324 valence electrons. The Kier molecular flexibility index (Phi) is 12.2. The molecule has 3 saturated heterocycles. The lowest BCUT2D eigenvalue weighted by molar-refractivity contribution is -0.386. The third-order valence-electron chi connectivity index (χ3n) is 12.2. The third kappa shape index (κ3) is 9.89. The molecule has 2 N–H and O–H groups in total. The number of nitrogens with zero attached hydrogens (tertiary/aromatic N) is 5. The number of pyridine rings is 1. The molecule has 1 amide bonds. The van der Waals surface area contributed by atoms with Crippen LogP contribution in [0.2, 0.25) is 0 Å². The van der Waals surface area contributed by atoms with Crippen LogP contribution in [-0.4, -0.2) is 111 Å². The van der Waals surface area contributed by atoms with E-state index in [0.717, 1.165) is 108 Å². The van der Waals surface area contributed by atoms with Crippen LogP contribution in [-0.2, 0) is 14.8 Å². The largest absolute Gasteiger partial charge is 0.485 e. The second-order valence-corrected chi connectivity index (χ2v) is 19.8. The Hall–Kier alpha value is -5.00. The number of halogens is 1. The number of nitro benzene ring substituents is 1. The van der Waals surface area contributed by atoms with Crippen LogP contribution < -0.4 is 19.1 Å². The van der Waals surface area contributed by atoms with E-state index in [4.69, 9.17) is 25.8 Å². The summed E-state index contributed by atoms with van der Waals surface area (Å²) in [6.07, 6.45) is 8.30. The number of aromatic amines is 1. The van der Waals surface area contributed by atoms with Crippen molar-refractivity contribution < 1.29 is 32.3 Å². The van der Waals surface area contributed by atoms with Crippen LogP contribution in [0.25, 0.3) is 11.0 Å². The highest BCUT2D eigenvalue weighted by Gasteiger charge is 2.48. The summed E-state index contributed by atoms with van der Waals surface area (Å²) >= 11 is 6.17. The van der Waals surface area contributed by atoms with Crippen molar-refractivity contribution in [1.82, 2.24) is 24.5 Å². The number of aromatic nitrogens is 2. The van der Waals surface area contributed by atoms with Gasteiger partial charge in [-0.15, -0.1) is 0 Å². The van der Waals surface area contributed by atoms with E-state index in [1.807, 2.05) is 6.07 Å². The van der Waals surface area contributed by atoms with Crippen LogP contribution in [0.15, 0.2) is 88.6 Å². The topological polar surface area (TPSA) is 172 Å². The van der Waals surface area contributed by atoms with E-state index in [0.29, 0.717) is 23.0 Å². The lowest BCUT2D eigenvalue weighted by Crippen LogP contribution is -2.66. The first-order chi connectivity index (χ1) is 29.1. The van der Waals surface area contributed by atoms with Gasteiger partial charge in [0.15, 0.2) is 5.75 Å². The summed E-state index contributed by atoms with van der Waals surface area (Å²) in [6.45, 7) is 16.6. The molecule has 3 fully saturated rings. The fourth-order valence-electron chi connectivity index (χ4n) is 8.80. The molecule has 8 rings (SSSR count). The molecule has 4 aromatic rings. The number of hydrogen-bond acceptors (Lipinski definition) is 12. The molecule has 1 spiro atoms. The van der Waals surface area contributed by atoms with Crippen LogP contribution in [0.4, 0.5) is 11.4 Å². The van der Waals surface area contributed by atoms with Gasteiger partial charge in [-0.2, -0.15) is 0 Å². The molecule has 0 radical (unpaired) electrons. The number of sulfonamides is 1. The maximum Gasteiger partial charge on any atom is 0.312 e. The molecule has 17 heteroatoms. The van der Waals surface area contributed by atoms with E-state index in [-0.39, 0.29) is 34.5 Å². The zero-order chi connectivity index (χ0) is 42.9. The summed E-state index contributed by atoms with van der Waals surface area (Å²) in [5, 5.41) is 13.5. The van der Waals surface area contributed by atoms with Crippen LogP contribution in [0, 0.1) is 20.9 Å². The number of anilines is 1. The lowest BCUT2D eigenvalue weighted by atomic mass is 9.73. The number of ether oxygens (including phenoxy) is 3. The van der Waals surface area contributed by atoms with Crippen molar-refractivity contribution >= 4 is 49.9 Å². The first kappa shape index (κ1) is 42.7. The number of likely N-dealkylation sites (tertiary alicyclic amines) is 1. The Balaban J connectivity index is 0.968. The second kappa shape index (κ2) is 17.4. The molecule has 5 heterocycles. The third-order valence-corrected chi connectivity index (χ3v) is 13.7. The average Bonchev–Trinajstić information content (AvgIpc) is 3.66. The van der Waals surface area contributed by atoms with Crippen molar-refractivity contribution in [3.63, 3.8) is 0 Å². The van der Waals surface area contributed by atoms with Crippen LogP contribution in [0.3, 0.4) is 0 Å². The van der Waals surface area contributed by atoms with Gasteiger partial charge in [0.1, 0.15) is 23.8 Å². The Bertz CT molecular complexity index is 2470. The first-order valence-electron chi connectivity index (χ1n) is 20.7. The van der Waals surface area contributed by atoms with Gasteiger partial charge in [-0.05, 0) is 73.9 Å². The van der Waals surface area contributed by atoms with Crippen molar-refractivity contribution in [3.05, 3.63) is 99.4 Å². The Labute approximate surface area is 360 Å². The van der Waals surface area contributed by atoms with Gasteiger partial charge >= 0.3 is 5.69 Å². The van der Waals surface area contributed by atoms with Crippen molar-refractivity contribution in [2.45, 2.75) is 50.8 Å². The maximum absolute atomic E-state index is 13.9. The number of carbonyl (C=O) groups excluding carboxylic acids is 1. The molecule has 0 atom stereocenters. The van der Waals surface area contributed by atoms with Crippen molar-refractivity contribution in [1.29, 1.82) is 0 Å². The molecule has 2 aromatic carbocycles. The quantitative estimate of drug-likeness (QED) is 0.0657. The molecule has 61 heavy (non-hydrogen) atoms. The number of H-pyrrole nitrogens is 1. The minimum Gasteiger partial charge on any atom is -0.485 e. The Morgan fingerprint density at radius 2 is 1.84 bits per heavy atom. The summed E-state index contributed by atoms with van der Waals surface area (Å²) < 4.78 is 46.7. The number of carbonyl (C=O) groups is 1. The van der Waals surface area contributed by atoms with E-state index in [9.17, 15) is 23.3 Å². The lowest BCUT2D eigenvalue weighted by Gasteiger charge is -2.55. The van der Waals surface area contributed by atoms with Crippen molar-refractivity contribution in [2.24, 2.45) is 10.8 Å². The number of benzene rings is 2. The van der Waals surface area contributed by atoms with Gasteiger partial charge in [0.2, 0.25) is 0 Å². The smallest absolute Gasteiger partial charge is 0.312 e. The molecule has 15 nitrogen and oxygen atoms in total. The fourth-order valence-corrected chi connectivity index (χ4v) is 9.88. The monoisotopic (exact) mass is 873 g/mol. The molecule has 2 aromatic heterocycles. The predicted octanol–water partition coefficient (Wildman–Crippen LogP) is 7.25. The van der Waals surface area contributed by atoms with Crippen LogP contribution in [0.1, 0.15) is 56.3 Å². The number of hydrogen-bond donors (Lipinski definition) is 2. The van der Waals surface area contributed by atoms with Crippen molar-refractivity contribution in [3.8, 4) is 17.2 Å². The zero-order valence-electron chi connectivity index (χ0n) is 34.6. The highest BCUT2D eigenvalue weighted by Crippen LogP contribution is 2.42. The van der Waals surface area contributed by atoms with E-state index < -0.39 is 31.4 Å². The number of amides is 1. The molecule has 0 saturated carbocycles. The summed E-state index contributed by atoms with van der Waals surface area (Å²) in [6, 6.07) is 12.0. The summed E-state index contributed by atoms with van der Waals surface area (Å²) in [5.41, 5.74) is 4.40. The Morgan fingerprint density at radius 3 is 2.56 bits per heavy atom. The van der Waals surface area contributed by atoms with Gasteiger partial charge in [-0.1, -0.05) is 43.2 Å².